The fraction of sp³-hybridized carbons (Fsp3) is 0.333. The fourth-order valence-corrected chi connectivity index (χ4v) is 4.95. The Labute approximate surface area is 205 Å². The molecule has 0 N–H and O–H groups in total. The normalized spacial score (nSPS) is 14.7. The highest BCUT2D eigenvalue weighted by atomic mass is 35.5. The van der Waals surface area contributed by atoms with Crippen molar-refractivity contribution >= 4 is 23.1 Å². The number of aryl methyl sites for hydroxylation is 3. The molecule has 7 heteroatoms. The third-order valence-corrected chi connectivity index (χ3v) is 6.78. The summed E-state index contributed by atoms with van der Waals surface area (Å²) < 4.78 is 7.56. The molecule has 5 rings (SSSR count). The first kappa shape index (κ1) is 22.7. The molecule has 1 aliphatic heterocycles. The molecule has 0 spiro atoms. The Morgan fingerprint density at radius 2 is 1.68 bits per heavy atom. The van der Waals surface area contributed by atoms with Crippen LogP contribution in [0, 0.1) is 20.8 Å². The predicted octanol–water partition coefficient (Wildman–Crippen LogP) is 5.31. The van der Waals surface area contributed by atoms with E-state index in [9.17, 15) is 0 Å². The maximum Gasteiger partial charge on any atom is 0.165 e. The zero-order chi connectivity index (χ0) is 23.8. The molecule has 0 aliphatic carbocycles. The second kappa shape index (κ2) is 9.28. The molecule has 1 fully saturated rings. The second-order valence-corrected chi connectivity index (χ2v) is 9.47. The Hall–Kier alpha value is -3.09. The molecule has 0 saturated carbocycles. The number of benzene rings is 2. The van der Waals surface area contributed by atoms with E-state index in [2.05, 4.69) is 60.9 Å². The Morgan fingerprint density at radius 1 is 0.941 bits per heavy atom. The van der Waals surface area contributed by atoms with Gasteiger partial charge < -0.3 is 9.64 Å². The minimum Gasteiger partial charge on any atom is -0.496 e. The number of nitrogens with zero attached hydrogens (tertiary/aromatic N) is 5. The van der Waals surface area contributed by atoms with Crippen molar-refractivity contribution in [2.45, 2.75) is 27.3 Å². The van der Waals surface area contributed by atoms with E-state index in [-0.39, 0.29) is 0 Å². The van der Waals surface area contributed by atoms with E-state index in [1.807, 2.05) is 22.7 Å². The lowest BCUT2D eigenvalue weighted by Gasteiger charge is -2.36. The van der Waals surface area contributed by atoms with Crippen LogP contribution in [-0.2, 0) is 6.54 Å². The zero-order valence-electron chi connectivity index (χ0n) is 20.2. The molecule has 1 saturated heterocycles. The van der Waals surface area contributed by atoms with Gasteiger partial charge in [0, 0.05) is 60.6 Å². The number of rotatable bonds is 5. The Morgan fingerprint density at radius 3 is 2.38 bits per heavy atom. The van der Waals surface area contributed by atoms with Crippen LogP contribution in [0.1, 0.15) is 22.5 Å². The molecule has 4 aromatic rings. The first-order chi connectivity index (χ1) is 16.4. The van der Waals surface area contributed by atoms with Gasteiger partial charge >= 0.3 is 0 Å². The van der Waals surface area contributed by atoms with E-state index in [0.717, 1.165) is 83.0 Å². The fourth-order valence-electron chi connectivity index (χ4n) is 4.76. The highest BCUT2D eigenvalue weighted by Gasteiger charge is 2.23. The largest absolute Gasteiger partial charge is 0.496 e. The molecular formula is C27H30ClN5O. The van der Waals surface area contributed by atoms with Crippen LogP contribution in [0.15, 0.2) is 48.5 Å². The van der Waals surface area contributed by atoms with E-state index in [0.29, 0.717) is 0 Å². The van der Waals surface area contributed by atoms with E-state index >= 15 is 0 Å². The van der Waals surface area contributed by atoms with Gasteiger partial charge in [-0.05, 0) is 44.5 Å². The van der Waals surface area contributed by atoms with Gasteiger partial charge in [0.05, 0.1) is 12.8 Å². The molecule has 6 nitrogen and oxygen atoms in total. The smallest absolute Gasteiger partial charge is 0.165 e. The minimum absolute atomic E-state index is 0.738. The Balaban J connectivity index is 1.40. The van der Waals surface area contributed by atoms with E-state index < -0.39 is 0 Å². The summed E-state index contributed by atoms with van der Waals surface area (Å²) in [5.74, 6) is 1.98. The van der Waals surface area contributed by atoms with Crippen LogP contribution in [0.5, 0.6) is 5.75 Å². The molecule has 0 radical (unpaired) electrons. The number of hydrogen-bond donors (Lipinski definition) is 0. The first-order valence-corrected chi connectivity index (χ1v) is 12.0. The van der Waals surface area contributed by atoms with Gasteiger partial charge in [-0.25, -0.2) is 4.98 Å². The number of methoxy groups -OCH3 is 1. The topological polar surface area (TPSA) is 45.9 Å². The van der Waals surface area contributed by atoms with Crippen molar-refractivity contribution < 1.29 is 4.74 Å². The second-order valence-electron chi connectivity index (χ2n) is 9.04. The van der Waals surface area contributed by atoms with Gasteiger partial charge in [0.15, 0.2) is 5.65 Å². The van der Waals surface area contributed by atoms with Crippen LogP contribution < -0.4 is 9.64 Å². The van der Waals surface area contributed by atoms with E-state index in [4.69, 9.17) is 26.4 Å². The molecule has 0 atom stereocenters. The quantitative estimate of drug-likeness (QED) is 0.391. The molecule has 0 bridgehead atoms. The van der Waals surface area contributed by atoms with Gasteiger partial charge in [0.1, 0.15) is 11.6 Å². The molecule has 1 aliphatic rings. The van der Waals surface area contributed by atoms with Crippen molar-refractivity contribution in [3.63, 3.8) is 0 Å². The van der Waals surface area contributed by atoms with Crippen LogP contribution in [0.25, 0.3) is 16.8 Å². The molecule has 34 heavy (non-hydrogen) atoms. The van der Waals surface area contributed by atoms with E-state index in [1.54, 1.807) is 7.11 Å². The lowest BCUT2D eigenvalue weighted by molar-refractivity contribution is 0.245. The Bertz CT molecular complexity index is 1320. The van der Waals surface area contributed by atoms with Crippen LogP contribution in [0.4, 0.5) is 5.82 Å². The lowest BCUT2D eigenvalue weighted by Crippen LogP contribution is -2.46. The number of piperazine rings is 1. The van der Waals surface area contributed by atoms with Crippen molar-refractivity contribution in [3.05, 3.63) is 76.1 Å². The Kier molecular flexibility index (Phi) is 6.19. The summed E-state index contributed by atoms with van der Waals surface area (Å²) >= 11 is 6.23. The van der Waals surface area contributed by atoms with Crippen molar-refractivity contribution in [3.8, 4) is 16.9 Å². The molecule has 0 amide bonds. The summed E-state index contributed by atoms with van der Waals surface area (Å²) in [4.78, 5) is 9.75. The predicted molar refractivity (Wildman–Crippen MR) is 138 cm³/mol. The van der Waals surface area contributed by atoms with Crippen LogP contribution in [-0.4, -0.2) is 52.8 Å². The van der Waals surface area contributed by atoms with Gasteiger partial charge in [-0.15, -0.1) is 0 Å². The van der Waals surface area contributed by atoms with Gasteiger partial charge in [0.2, 0.25) is 0 Å². The average molecular weight is 476 g/mol. The average Bonchev–Trinajstić information content (AvgIpc) is 3.15. The monoisotopic (exact) mass is 475 g/mol. The van der Waals surface area contributed by atoms with Crippen molar-refractivity contribution in [2.75, 3.05) is 38.2 Å². The number of halogens is 1. The summed E-state index contributed by atoms with van der Waals surface area (Å²) in [5.41, 5.74) is 7.55. The highest BCUT2D eigenvalue weighted by molar-refractivity contribution is 6.30. The SMILES string of the molecule is COc1ccc(Cl)cc1CN1CCN(c2cc(C)nc3c(-c4ccc(C)cc4)c(C)nn23)CC1. The third kappa shape index (κ3) is 4.36. The maximum atomic E-state index is 6.23. The summed E-state index contributed by atoms with van der Waals surface area (Å²) in [6.07, 6.45) is 0. The molecule has 3 heterocycles. The van der Waals surface area contributed by atoms with Gasteiger partial charge in [-0.3, -0.25) is 4.90 Å². The maximum absolute atomic E-state index is 6.23. The third-order valence-electron chi connectivity index (χ3n) is 6.55. The van der Waals surface area contributed by atoms with Crippen LogP contribution in [0.2, 0.25) is 5.02 Å². The molecule has 0 unspecified atom stereocenters. The molecule has 176 valence electrons. The number of fused-ring (bicyclic) bond motifs is 1. The summed E-state index contributed by atoms with van der Waals surface area (Å²) in [5, 5.41) is 5.65. The highest BCUT2D eigenvalue weighted by Crippen LogP contribution is 2.31. The molecular weight excluding hydrogens is 446 g/mol. The first-order valence-electron chi connectivity index (χ1n) is 11.7. The number of ether oxygens (including phenoxy) is 1. The summed E-state index contributed by atoms with van der Waals surface area (Å²) in [6, 6.07) is 16.6. The zero-order valence-corrected chi connectivity index (χ0v) is 20.9. The van der Waals surface area contributed by atoms with Crippen LogP contribution in [0.3, 0.4) is 0 Å². The molecule has 2 aromatic heterocycles. The number of anilines is 1. The lowest BCUT2D eigenvalue weighted by atomic mass is 10.0. The van der Waals surface area contributed by atoms with Gasteiger partial charge in [0.25, 0.3) is 0 Å². The van der Waals surface area contributed by atoms with Crippen LogP contribution >= 0.6 is 11.6 Å². The van der Waals surface area contributed by atoms with Crippen molar-refractivity contribution in [2.24, 2.45) is 0 Å². The van der Waals surface area contributed by atoms with Gasteiger partial charge in [-0.1, -0.05) is 41.4 Å². The summed E-state index contributed by atoms with van der Waals surface area (Å²) in [6.45, 7) is 10.8. The minimum atomic E-state index is 0.738. The standard InChI is InChI=1S/C27H30ClN5O/c1-18-5-7-21(8-6-18)26-20(3)30-33-25(15-19(2)29-27(26)33)32-13-11-31(12-14-32)17-22-16-23(28)9-10-24(22)34-4/h5-10,15-16H,11-14,17H2,1-4H3. The molecule has 2 aromatic carbocycles. The number of aromatic nitrogens is 3. The number of hydrogen-bond acceptors (Lipinski definition) is 5. The van der Waals surface area contributed by atoms with Gasteiger partial charge in [-0.2, -0.15) is 9.61 Å². The van der Waals surface area contributed by atoms with Crippen molar-refractivity contribution in [1.82, 2.24) is 19.5 Å². The van der Waals surface area contributed by atoms with E-state index in [1.165, 1.54) is 5.56 Å². The summed E-state index contributed by atoms with van der Waals surface area (Å²) in [7, 11) is 1.71. The van der Waals surface area contributed by atoms with Crippen molar-refractivity contribution in [1.29, 1.82) is 0 Å².